The van der Waals surface area contributed by atoms with E-state index in [1.165, 1.54) is 70.6 Å². The van der Waals surface area contributed by atoms with Crippen molar-refractivity contribution in [3.8, 4) is 0 Å². The summed E-state index contributed by atoms with van der Waals surface area (Å²) in [6.45, 7) is 9.51. The largest absolute Gasteiger partial charge is 0.0654 e. The van der Waals surface area contributed by atoms with Gasteiger partial charge in [0.05, 0.1) is 0 Å². The Morgan fingerprint density at radius 3 is 1.29 bits per heavy atom. The second kappa shape index (κ2) is 6.81. The van der Waals surface area contributed by atoms with E-state index in [0.29, 0.717) is 0 Å². The first kappa shape index (κ1) is 15.1. The molecule has 0 heteroatoms. The summed E-state index contributed by atoms with van der Waals surface area (Å²) < 4.78 is 0. The van der Waals surface area contributed by atoms with Crippen LogP contribution in [-0.2, 0) is 0 Å². The van der Waals surface area contributed by atoms with Gasteiger partial charge in [-0.2, -0.15) is 0 Å². The molecule has 0 atom stereocenters. The van der Waals surface area contributed by atoms with Crippen molar-refractivity contribution in [3.05, 3.63) is 0 Å². The highest BCUT2D eigenvalue weighted by atomic mass is 14.4. The monoisotopic (exact) mass is 238 g/mol. The lowest BCUT2D eigenvalue weighted by atomic mass is 9.59. The summed E-state index contributed by atoms with van der Waals surface area (Å²) in [6, 6.07) is 0. The van der Waals surface area contributed by atoms with Crippen LogP contribution in [0.4, 0.5) is 0 Å². The molecule has 0 saturated heterocycles. The molecule has 0 N–H and O–H groups in total. The van der Waals surface area contributed by atoms with Crippen molar-refractivity contribution >= 4 is 0 Å². The van der Waals surface area contributed by atoms with Gasteiger partial charge in [0.1, 0.15) is 0 Å². The Bertz CT molecular complexity index is 188. The summed E-state index contributed by atoms with van der Waals surface area (Å²) in [6.07, 6.45) is 16.0. The van der Waals surface area contributed by atoms with E-state index < -0.39 is 0 Å². The molecule has 0 aliphatic heterocycles. The maximum atomic E-state index is 2.42. The van der Waals surface area contributed by atoms with E-state index in [1.54, 1.807) is 0 Å². The third kappa shape index (κ3) is 3.73. The summed E-state index contributed by atoms with van der Waals surface area (Å²) >= 11 is 0. The van der Waals surface area contributed by atoms with Crippen molar-refractivity contribution < 1.29 is 0 Å². The minimum absolute atomic E-state index is 0.722. The zero-order valence-corrected chi connectivity index (χ0v) is 12.8. The second-order valence-electron chi connectivity index (χ2n) is 6.60. The first-order valence-corrected chi connectivity index (χ1v) is 8.16. The molecule has 1 aliphatic rings. The average Bonchev–Trinajstić information content (AvgIpc) is 2.34. The van der Waals surface area contributed by atoms with E-state index >= 15 is 0 Å². The van der Waals surface area contributed by atoms with E-state index in [4.69, 9.17) is 0 Å². The van der Waals surface area contributed by atoms with E-state index in [2.05, 4.69) is 27.7 Å². The molecule has 0 radical (unpaired) electrons. The number of hydrogen-bond acceptors (Lipinski definition) is 0. The molecule has 0 unspecified atom stereocenters. The second-order valence-corrected chi connectivity index (χ2v) is 6.60. The van der Waals surface area contributed by atoms with Crippen molar-refractivity contribution in [2.45, 2.75) is 98.3 Å². The van der Waals surface area contributed by atoms with Crippen LogP contribution in [0.25, 0.3) is 0 Å². The molecule has 0 aromatic rings. The van der Waals surface area contributed by atoms with Gasteiger partial charge in [-0.15, -0.1) is 0 Å². The molecule has 0 bridgehead atoms. The summed E-state index contributed by atoms with van der Waals surface area (Å²) in [5.74, 6) is 0. The zero-order chi connectivity index (χ0) is 12.8. The highest BCUT2D eigenvalue weighted by Gasteiger charge is 2.39. The molecule has 0 aromatic carbocycles. The summed E-state index contributed by atoms with van der Waals surface area (Å²) in [5.41, 5.74) is 1.45. The van der Waals surface area contributed by atoms with Crippen LogP contribution in [0, 0.1) is 10.8 Å². The molecular formula is C17H34. The molecule has 0 nitrogen and oxygen atoms in total. The van der Waals surface area contributed by atoms with Gasteiger partial charge in [-0.25, -0.2) is 0 Å². The quantitative estimate of drug-likeness (QED) is 0.485. The van der Waals surface area contributed by atoms with Crippen molar-refractivity contribution in [1.29, 1.82) is 0 Å². The van der Waals surface area contributed by atoms with Gasteiger partial charge in [0, 0.05) is 0 Å². The van der Waals surface area contributed by atoms with Gasteiger partial charge in [0.15, 0.2) is 0 Å². The molecule has 17 heavy (non-hydrogen) atoms. The van der Waals surface area contributed by atoms with Gasteiger partial charge in [-0.1, -0.05) is 53.4 Å². The van der Waals surface area contributed by atoms with Crippen LogP contribution in [0.1, 0.15) is 98.3 Å². The standard InChI is InChI=1S/C17H34/c1-5-9-16(8-4)12-14-17(10-6-2,11-7-3)15-13-16/h5-15H2,1-4H3. The highest BCUT2D eigenvalue weighted by Crippen LogP contribution is 2.53. The minimum Gasteiger partial charge on any atom is -0.0654 e. The minimum atomic E-state index is 0.722. The van der Waals surface area contributed by atoms with E-state index in [1.807, 2.05) is 0 Å². The Hall–Kier alpha value is 0. The van der Waals surface area contributed by atoms with Crippen LogP contribution in [0.5, 0.6) is 0 Å². The van der Waals surface area contributed by atoms with Crippen molar-refractivity contribution in [1.82, 2.24) is 0 Å². The normalized spacial score (nSPS) is 22.6. The van der Waals surface area contributed by atoms with Crippen LogP contribution in [0.15, 0.2) is 0 Å². The fraction of sp³-hybridized carbons (Fsp3) is 1.00. The Kier molecular flexibility index (Phi) is 6.03. The van der Waals surface area contributed by atoms with Crippen LogP contribution in [0.2, 0.25) is 0 Å². The third-order valence-corrected chi connectivity index (χ3v) is 5.46. The van der Waals surface area contributed by atoms with E-state index in [0.717, 1.165) is 10.8 Å². The lowest BCUT2D eigenvalue weighted by Crippen LogP contribution is -2.34. The van der Waals surface area contributed by atoms with Crippen LogP contribution in [-0.4, -0.2) is 0 Å². The number of hydrogen-bond donors (Lipinski definition) is 0. The molecule has 1 aliphatic carbocycles. The molecule has 0 heterocycles. The Morgan fingerprint density at radius 1 is 0.588 bits per heavy atom. The lowest BCUT2D eigenvalue weighted by Gasteiger charge is -2.47. The fourth-order valence-corrected chi connectivity index (χ4v) is 4.31. The first-order valence-electron chi connectivity index (χ1n) is 8.16. The maximum Gasteiger partial charge on any atom is -0.0297 e. The summed E-state index contributed by atoms with van der Waals surface area (Å²) in [4.78, 5) is 0. The third-order valence-electron chi connectivity index (χ3n) is 5.46. The molecule has 1 saturated carbocycles. The van der Waals surface area contributed by atoms with E-state index in [-0.39, 0.29) is 0 Å². The summed E-state index contributed by atoms with van der Waals surface area (Å²) in [7, 11) is 0. The first-order chi connectivity index (χ1) is 8.16. The van der Waals surface area contributed by atoms with Gasteiger partial charge in [0.25, 0.3) is 0 Å². The molecule has 0 amide bonds. The Balaban J connectivity index is 2.61. The molecule has 102 valence electrons. The summed E-state index contributed by atoms with van der Waals surface area (Å²) in [5, 5.41) is 0. The molecule has 1 fully saturated rings. The lowest BCUT2D eigenvalue weighted by molar-refractivity contribution is 0.0507. The van der Waals surface area contributed by atoms with Crippen LogP contribution in [0.3, 0.4) is 0 Å². The van der Waals surface area contributed by atoms with Crippen molar-refractivity contribution in [2.24, 2.45) is 10.8 Å². The van der Waals surface area contributed by atoms with Gasteiger partial charge < -0.3 is 0 Å². The molecule has 0 aromatic heterocycles. The highest BCUT2D eigenvalue weighted by molar-refractivity contribution is 4.91. The van der Waals surface area contributed by atoms with E-state index in [9.17, 15) is 0 Å². The topological polar surface area (TPSA) is 0 Å². The fourth-order valence-electron chi connectivity index (χ4n) is 4.31. The maximum absolute atomic E-state index is 2.42. The predicted molar refractivity (Wildman–Crippen MR) is 78.3 cm³/mol. The van der Waals surface area contributed by atoms with Crippen molar-refractivity contribution in [3.63, 3.8) is 0 Å². The zero-order valence-electron chi connectivity index (χ0n) is 12.8. The van der Waals surface area contributed by atoms with Gasteiger partial charge in [0.2, 0.25) is 0 Å². The predicted octanol–water partition coefficient (Wildman–Crippen LogP) is 6.34. The smallest absolute Gasteiger partial charge is 0.0297 e. The van der Waals surface area contributed by atoms with Crippen LogP contribution >= 0.6 is 0 Å². The SMILES string of the molecule is CCCC1(CC)CCC(CCC)(CCC)CC1. The van der Waals surface area contributed by atoms with Crippen LogP contribution < -0.4 is 0 Å². The Labute approximate surface area is 110 Å². The van der Waals surface area contributed by atoms with Gasteiger partial charge >= 0.3 is 0 Å². The van der Waals surface area contributed by atoms with Gasteiger partial charge in [-0.3, -0.25) is 0 Å². The van der Waals surface area contributed by atoms with Crippen molar-refractivity contribution in [2.75, 3.05) is 0 Å². The molecular weight excluding hydrogens is 204 g/mol. The molecule has 1 rings (SSSR count). The Morgan fingerprint density at radius 2 is 0.941 bits per heavy atom. The average molecular weight is 238 g/mol. The number of rotatable bonds is 7. The molecule has 0 spiro atoms. The van der Waals surface area contributed by atoms with Gasteiger partial charge in [-0.05, 0) is 55.8 Å².